The SMILES string of the molecule is [CH2-]C=C(C)CC(C)(C)C.[Nd]. The topological polar surface area (TPSA) is 0 Å². The van der Waals surface area contributed by atoms with Crippen LogP contribution < -0.4 is 0 Å². The summed E-state index contributed by atoms with van der Waals surface area (Å²) in [7, 11) is 0. The van der Waals surface area contributed by atoms with Crippen LogP contribution in [0.4, 0.5) is 0 Å². The second-order valence-electron chi connectivity index (χ2n) is 3.79. The third-order valence-electron chi connectivity index (χ3n) is 1.16. The molecule has 0 aromatic rings. The zero-order chi connectivity index (χ0) is 7.49. The Hall–Kier alpha value is 0.961. The van der Waals surface area contributed by atoms with Gasteiger partial charge in [0.25, 0.3) is 0 Å². The number of hydrogen-bond acceptors (Lipinski definition) is 0. The van der Waals surface area contributed by atoms with E-state index in [0.717, 1.165) is 6.42 Å². The minimum Gasteiger partial charge on any atom is -0.245 e. The molecule has 0 N–H and O–H groups in total. The molecule has 0 aromatic carbocycles. The predicted molar refractivity (Wildman–Crippen MR) is 43.2 cm³/mol. The largest absolute Gasteiger partial charge is 0.245 e. The Labute approximate surface area is 98.0 Å². The Morgan fingerprint density at radius 3 is 1.90 bits per heavy atom. The van der Waals surface area contributed by atoms with Crippen LogP contribution in [0.2, 0.25) is 0 Å². The minimum absolute atomic E-state index is 0. The van der Waals surface area contributed by atoms with Gasteiger partial charge < -0.3 is 0 Å². The molecule has 0 aliphatic carbocycles. The first kappa shape index (κ1) is 13.5. The summed E-state index contributed by atoms with van der Waals surface area (Å²) in [4.78, 5) is 0. The molecule has 0 amide bonds. The van der Waals surface area contributed by atoms with E-state index in [1.807, 2.05) is 6.08 Å². The van der Waals surface area contributed by atoms with Crippen LogP contribution in [0.25, 0.3) is 0 Å². The summed E-state index contributed by atoms with van der Waals surface area (Å²) >= 11 is 0. The van der Waals surface area contributed by atoms with Gasteiger partial charge in [-0.2, -0.15) is 0 Å². The fourth-order valence-electron chi connectivity index (χ4n) is 0.909. The van der Waals surface area contributed by atoms with Gasteiger partial charge in [-0.15, -0.1) is 6.92 Å². The predicted octanol–water partition coefficient (Wildman–Crippen LogP) is 3.20. The van der Waals surface area contributed by atoms with E-state index in [1.165, 1.54) is 5.57 Å². The maximum Gasteiger partial charge on any atom is 0 e. The van der Waals surface area contributed by atoms with Crippen molar-refractivity contribution in [3.8, 4) is 0 Å². The summed E-state index contributed by atoms with van der Waals surface area (Å²) < 4.78 is 0. The van der Waals surface area contributed by atoms with Crippen LogP contribution in [0.3, 0.4) is 0 Å². The molecule has 1 heteroatoms. The summed E-state index contributed by atoms with van der Waals surface area (Å²) in [6.07, 6.45) is 3.09. The van der Waals surface area contributed by atoms with E-state index in [-0.39, 0.29) is 40.8 Å². The van der Waals surface area contributed by atoms with Crippen molar-refractivity contribution in [2.24, 2.45) is 5.41 Å². The van der Waals surface area contributed by atoms with Crippen molar-refractivity contribution in [3.05, 3.63) is 18.6 Å². The molecular weight excluding hydrogens is 252 g/mol. The molecule has 0 saturated heterocycles. The van der Waals surface area contributed by atoms with Gasteiger partial charge in [-0.3, -0.25) is 0 Å². The molecule has 0 fully saturated rings. The van der Waals surface area contributed by atoms with Crippen LogP contribution in [0, 0.1) is 53.2 Å². The quantitative estimate of drug-likeness (QED) is 0.641. The fraction of sp³-hybridized carbons (Fsp3) is 0.667. The van der Waals surface area contributed by atoms with Gasteiger partial charge in [-0.25, -0.2) is 18.6 Å². The van der Waals surface area contributed by atoms with Crippen molar-refractivity contribution >= 4 is 0 Å². The minimum atomic E-state index is 0. The Morgan fingerprint density at radius 1 is 1.40 bits per heavy atom. The van der Waals surface area contributed by atoms with E-state index < -0.39 is 0 Å². The van der Waals surface area contributed by atoms with Crippen LogP contribution >= 0.6 is 0 Å². The van der Waals surface area contributed by atoms with Crippen molar-refractivity contribution in [2.75, 3.05) is 0 Å². The molecule has 0 radical (unpaired) electrons. The van der Waals surface area contributed by atoms with E-state index >= 15 is 0 Å². The first-order valence-electron chi connectivity index (χ1n) is 3.40. The normalized spacial score (nSPS) is 12.6. The van der Waals surface area contributed by atoms with Gasteiger partial charge in [0.05, 0.1) is 0 Å². The van der Waals surface area contributed by atoms with Gasteiger partial charge >= 0.3 is 0 Å². The monoisotopic (exact) mass is 267 g/mol. The fourth-order valence-corrected chi connectivity index (χ4v) is 0.909. The van der Waals surface area contributed by atoms with Crippen LogP contribution in [-0.4, -0.2) is 0 Å². The van der Waals surface area contributed by atoms with E-state index in [1.54, 1.807) is 0 Å². The second-order valence-corrected chi connectivity index (χ2v) is 3.79. The molecule has 0 aromatic heterocycles. The van der Waals surface area contributed by atoms with Gasteiger partial charge in [-0.1, -0.05) is 27.2 Å². The van der Waals surface area contributed by atoms with Crippen molar-refractivity contribution in [1.82, 2.24) is 0 Å². The first-order valence-corrected chi connectivity index (χ1v) is 3.40. The maximum absolute atomic E-state index is 3.71. The molecule has 0 atom stereocenters. The van der Waals surface area contributed by atoms with Gasteiger partial charge in [0.15, 0.2) is 0 Å². The van der Waals surface area contributed by atoms with Crippen molar-refractivity contribution in [1.29, 1.82) is 0 Å². The number of rotatable bonds is 1. The first-order chi connectivity index (χ1) is 3.95. The van der Waals surface area contributed by atoms with Gasteiger partial charge in [0.2, 0.25) is 0 Å². The summed E-state index contributed by atoms with van der Waals surface area (Å²) in [5.74, 6) is 0. The molecule has 0 bridgehead atoms. The molecule has 0 nitrogen and oxygen atoms in total. The van der Waals surface area contributed by atoms with Crippen molar-refractivity contribution in [3.63, 3.8) is 0 Å². The van der Waals surface area contributed by atoms with E-state index in [9.17, 15) is 0 Å². The Balaban J connectivity index is 0. The van der Waals surface area contributed by atoms with Crippen LogP contribution in [-0.2, 0) is 0 Å². The standard InChI is InChI=1S/C9H17.Nd/c1-6-8(2)7-9(3,4)5;/h6H,1,7H2,2-5H3;/q-1;. The third kappa shape index (κ3) is 8.96. The zero-order valence-electron chi connectivity index (χ0n) is 7.49. The van der Waals surface area contributed by atoms with E-state index in [4.69, 9.17) is 0 Å². The molecule has 0 unspecified atom stereocenters. The van der Waals surface area contributed by atoms with Crippen LogP contribution in [0.5, 0.6) is 0 Å². The Bertz CT molecular complexity index is 106. The Kier molecular flexibility index (Phi) is 7.57. The van der Waals surface area contributed by atoms with E-state index in [2.05, 4.69) is 34.6 Å². The van der Waals surface area contributed by atoms with Crippen molar-refractivity contribution in [2.45, 2.75) is 34.1 Å². The average molecular weight is 269 g/mol. The Morgan fingerprint density at radius 2 is 1.80 bits per heavy atom. The smallest absolute Gasteiger partial charge is 0 e. The van der Waals surface area contributed by atoms with Gasteiger partial charge in [-0.05, 0) is 5.41 Å². The summed E-state index contributed by atoms with van der Waals surface area (Å²) in [6.45, 7) is 12.5. The molecular formula is C9H17Nd-. The van der Waals surface area contributed by atoms with Crippen LogP contribution in [0.15, 0.2) is 11.6 Å². The summed E-state index contributed by atoms with van der Waals surface area (Å²) in [5.41, 5.74) is 1.79. The van der Waals surface area contributed by atoms with Crippen LogP contribution in [0.1, 0.15) is 34.1 Å². The maximum atomic E-state index is 3.71. The molecule has 0 saturated carbocycles. The molecule has 0 heterocycles. The van der Waals surface area contributed by atoms with Crippen molar-refractivity contribution < 1.29 is 40.8 Å². The molecule has 0 aliphatic heterocycles. The second kappa shape index (κ2) is 5.59. The van der Waals surface area contributed by atoms with Gasteiger partial charge in [0, 0.05) is 40.8 Å². The number of hydrogen-bond donors (Lipinski definition) is 0. The summed E-state index contributed by atoms with van der Waals surface area (Å²) in [6, 6.07) is 0. The molecule has 0 aliphatic rings. The summed E-state index contributed by atoms with van der Waals surface area (Å²) in [5, 5.41) is 0. The molecule has 0 spiro atoms. The number of allylic oxidation sites excluding steroid dienone is 2. The van der Waals surface area contributed by atoms with E-state index in [0.29, 0.717) is 5.41 Å². The zero-order valence-corrected chi connectivity index (χ0v) is 10.7. The molecule has 10 heavy (non-hydrogen) atoms. The molecule has 58 valence electrons. The third-order valence-corrected chi connectivity index (χ3v) is 1.16. The average Bonchev–Trinajstić information content (AvgIpc) is 1.62. The van der Waals surface area contributed by atoms with Gasteiger partial charge in [0.1, 0.15) is 0 Å². The molecule has 0 rings (SSSR count).